The van der Waals surface area contributed by atoms with Crippen LogP contribution in [0.3, 0.4) is 0 Å². The largest absolute Gasteiger partial charge is 0.467 e. The van der Waals surface area contributed by atoms with Crippen LogP contribution in [0.5, 0.6) is 0 Å². The van der Waals surface area contributed by atoms with Crippen LogP contribution in [-0.2, 0) is 9.53 Å². The van der Waals surface area contributed by atoms with Crippen LogP contribution in [-0.4, -0.2) is 19.1 Å². The van der Waals surface area contributed by atoms with Gasteiger partial charge in [-0.2, -0.15) is 0 Å². The highest BCUT2D eigenvalue weighted by Crippen LogP contribution is 2.00. The molecule has 0 amide bonds. The van der Waals surface area contributed by atoms with Crippen molar-refractivity contribution in [1.29, 1.82) is 0 Å². The first kappa shape index (κ1) is 7.65. The third-order valence-electron chi connectivity index (χ3n) is 1.37. The molecule has 0 aliphatic carbocycles. The van der Waals surface area contributed by atoms with Crippen molar-refractivity contribution in [3.05, 3.63) is 24.0 Å². The third kappa shape index (κ3) is 1.73. The van der Waals surface area contributed by atoms with Crippen LogP contribution < -0.4 is 11.1 Å². The second-order valence-corrected chi connectivity index (χ2v) is 2.17. The molecular formula is C7H10N2O2. The van der Waals surface area contributed by atoms with E-state index in [9.17, 15) is 4.79 Å². The van der Waals surface area contributed by atoms with E-state index >= 15 is 0 Å². The van der Waals surface area contributed by atoms with E-state index in [1.54, 1.807) is 18.4 Å². The second kappa shape index (κ2) is 3.09. The van der Waals surface area contributed by atoms with Crippen LogP contribution in [0.15, 0.2) is 24.0 Å². The molecular weight excluding hydrogens is 144 g/mol. The molecule has 0 radical (unpaired) electrons. The van der Waals surface area contributed by atoms with E-state index in [4.69, 9.17) is 5.73 Å². The molecule has 1 heterocycles. The number of carbonyl (C=O) groups is 1. The number of nitrogens with two attached hydrogens (primary N) is 1. The molecule has 0 aromatic heterocycles. The van der Waals surface area contributed by atoms with Crippen LogP contribution in [0.25, 0.3) is 0 Å². The second-order valence-electron chi connectivity index (χ2n) is 2.17. The Morgan fingerprint density at radius 1 is 1.82 bits per heavy atom. The normalized spacial score (nSPS) is 21.9. The van der Waals surface area contributed by atoms with Gasteiger partial charge in [0.2, 0.25) is 0 Å². The molecule has 4 nitrogen and oxygen atoms in total. The number of allylic oxidation sites excluding steroid dienone is 1. The van der Waals surface area contributed by atoms with Crippen molar-refractivity contribution in [3.63, 3.8) is 0 Å². The number of rotatable bonds is 1. The van der Waals surface area contributed by atoms with E-state index in [2.05, 4.69) is 10.1 Å². The molecule has 3 N–H and O–H groups in total. The quantitative estimate of drug-likeness (QED) is 0.499. The van der Waals surface area contributed by atoms with E-state index in [1.807, 2.05) is 0 Å². The molecule has 60 valence electrons. The maximum Gasteiger partial charge on any atom is 0.332 e. The standard InChI is InChI=1S/C7H10N2O2/c1-11-7(10)6-4-5(8)2-3-9-6/h2-4,6,9H,8H2,1H3. The number of nitrogens with one attached hydrogen (secondary N) is 1. The summed E-state index contributed by atoms with van der Waals surface area (Å²) >= 11 is 0. The van der Waals surface area contributed by atoms with E-state index < -0.39 is 6.04 Å². The maximum absolute atomic E-state index is 10.9. The maximum atomic E-state index is 10.9. The van der Waals surface area contributed by atoms with Gasteiger partial charge in [0.1, 0.15) is 6.04 Å². The Morgan fingerprint density at radius 3 is 3.09 bits per heavy atom. The minimum atomic E-state index is -0.440. The molecule has 1 atom stereocenters. The molecule has 0 aromatic rings. The smallest absolute Gasteiger partial charge is 0.332 e. The summed E-state index contributed by atoms with van der Waals surface area (Å²) in [5.41, 5.74) is 6.01. The van der Waals surface area contributed by atoms with Gasteiger partial charge >= 0.3 is 5.97 Å². The number of methoxy groups -OCH3 is 1. The summed E-state index contributed by atoms with van der Waals surface area (Å²) in [4.78, 5) is 10.9. The Balaban J connectivity index is 2.63. The Hall–Kier alpha value is -1.45. The van der Waals surface area contributed by atoms with Gasteiger partial charge in [-0.05, 0) is 18.4 Å². The molecule has 1 aliphatic rings. The predicted octanol–water partition coefficient (Wildman–Crippen LogP) is -0.512. The fourth-order valence-electron chi connectivity index (χ4n) is 0.807. The fourth-order valence-corrected chi connectivity index (χ4v) is 0.807. The molecule has 0 fully saturated rings. The monoisotopic (exact) mass is 154 g/mol. The average molecular weight is 154 g/mol. The highest BCUT2D eigenvalue weighted by atomic mass is 16.5. The SMILES string of the molecule is COC(=O)C1C=C(N)C=CN1. The lowest BCUT2D eigenvalue weighted by Gasteiger charge is -2.14. The van der Waals surface area contributed by atoms with Crippen molar-refractivity contribution < 1.29 is 9.53 Å². The zero-order valence-corrected chi connectivity index (χ0v) is 6.20. The summed E-state index contributed by atoms with van der Waals surface area (Å²) in [5.74, 6) is -0.336. The fraction of sp³-hybridized carbons (Fsp3) is 0.286. The molecule has 0 saturated heterocycles. The average Bonchev–Trinajstić information content (AvgIpc) is 2.03. The molecule has 0 aromatic carbocycles. The highest BCUT2D eigenvalue weighted by molar-refractivity contribution is 5.78. The highest BCUT2D eigenvalue weighted by Gasteiger charge is 2.16. The topological polar surface area (TPSA) is 64.3 Å². The Labute approximate surface area is 64.7 Å². The minimum Gasteiger partial charge on any atom is -0.467 e. The van der Waals surface area contributed by atoms with Gasteiger partial charge in [0.25, 0.3) is 0 Å². The molecule has 4 heteroatoms. The van der Waals surface area contributed by atoms with Crippen molar-refractivity contribution >= 4 is 5.97 Å². The molecule has 1 aliphatic heterocycles. The Morgan fingerprint density at radius 2 is 2.55 bits per heavy atom. The van der Waals surface area contributed by atoms with Gasteiger partial charge in [-0.3, -0.25) is 0 Å². The molecule has 1 unspecified atom stereocenters. The number of esters is 1. The number of ether oxygens (including phenoxy) is 1. The van der Waals surface area contributed by atoms with Crippen LogP contribution in [0, 0.1) is 0 Å². The first-order valence-electron chi connectivity index (χ1n) is 3.22. The molecule has 1 rings (SSSR count). The number of hydrogen-bond acceptors (Lipinski definition) is 4. The summed E-state index contributed by atoms with van der Waals surface area (Å²) < 4.78 is 4.50. The lowest BCUT2D eigenvalue weighted by Crippen LogP contribution is -2.35. The minimum absolute atomic E-state index is 0.336. The van der Waals surface area contributed by atoms with Gasteiger partial charge in [0.05, 0.1) is 7.11 Å². The van der Waals surface area contributed by atoms with E-state index in [0.29, 0.717) is 5.70 Å². The van der Waals surface area contributed by atoms with Crippen molar-refractivity contribution in [3.8, 4) is 0 Å². The van der Waals surface area contributed by atoms with Crippen molar-refractivity contribution in [2.45, 2.75) is 6.04 Å². The first-order chi connectivity index (χ1) is 5.24. The van der Waals surface area contributed by atoms with Crippen LogP contribution in [0.2, 0.25) is 0 Å². The van der Waals surface area contributed by atoms with Gasteiger partial charge in [-0.1, -0.05) is 0 Å². The Bertz CT molecular complexity index is 220. The lowest BCUT2D eigenvalue weighted by molar-refractivity contribution is -0.141. The van der Waals surface area contributed by atoms with E-state index in [0.717, 1.165) is 0 Å². The summed E-state index contributed by atoms with van der Waals surface area (Å²) in [5, 5.41) is 2.79. The number of hydrogen-bond donors (Lipinski definition) is 2. The van der Waals surface area contributed by atoms with Gasteiger partial charge in [-0.15, -0.1) is 0 Å². The summed E-state index contributed by atoms with van der Waals surface area (Å²) in [7, 11) is 1.34. The predicted molar refractivity (Wildman–Crippen MR) is 40.4 cm³/mol. The van der Waals surface area contributed by atoms with E-state index in [-0.39, 0.29) is 5.97 Å². The Kier molecular flexibility index (Phi) is 2.15. The summed E-state index contributed by atoms with van der Waals surface area (Å²) in [6.45, 7) is 0. The zero-order valence-electron chi connectivity index (χ0n) is 6.20. The van der Waals surface area contributed by atoms with Gasteiger partial charge in [-0.25, -0.2) is 4.79 Å². The van der Waals surface area contributed by atoms with Crippen LogP contribution in [0.1, 0.15) is 0 Å². The van der Waals surface area contributed by atoms with Crippen molar-refractivity contribution in [2.75, 3.05) is 7.11 Å². The number of carbonyl (C=O) groups excluding carboxylic acids is 1. The lowest BCUT2D eigenvalue weighted by atomic mass is 10.2. The zero-order chi connectivity index (χ0) is 8.27. The molecule has 0 saturated carbocycles. The van der Waals surface area contributed by atoms with Crippen molar-refractivity contribution in [1.82, 2.24) is 5.32 Å². The number of dihydropyridines is 1. The molecule has 11 heavy (non-hydrogen) atoms. The van der Waals surface area contributed by atoms with Gasteiger partial charge in [0.15, 0.2) is 0 Å². The van der Waals surface area contributed by atoms with Gasteiger partial charge < -0.3 is 15.8 Å². The van der Waals surface area contributed by atoms with Gasteiger partial charge in [0, 0.05) is 5.70 Å². The van der Waals surface area contributed by atoms with Crippen LogP contribution >= 0.6 is 0 Å². The van der Waals surface area contributed by atoms with Crippen molar-refractivity contribution in [2.24, 2.45) is 5.73 Å². The van der Waals surface area contributed by atoms with Crippen LogP contribution in [0.4, 0.5) is 0 Å². The first-order valence-corrected chi connectivity index (χ1v) is 3.22. The summed E-state index contributed by atoms with van der Waals surface area (Å²) in [6.07, 6.45) is 4.90. The van der Waals surface area contributed by atoms with E-state index in [1.165, 1.54) is 7.11 Å². The third-order valence-corrected chi connectivity index (χ3v) is 1.37. The summed E-state index contributed by atoms with van der Waals surface area (Å²) in [6, 6.07) is -0.440. The molecule has 0 bridgehead atoms. The molecule has 0 spiro atoms.